The number of nitrogens with zero attached hydrogens (tertiary/aromatic N) is 1. The second-order valence-corrected chi connectivity index (χ2v) is 7.23. The topological polar surface area (TPSA) is 72.3 Å². The van der Waals surface area contributed by atoms with E-state index in [0.29, 0.717) is 38.6 Å². The summed E-state index contributed by atoms with van der Waals surface area (Å²) >= 11 is 0. The van der Waals surface area contributed by atoms with Gasteiger partial charge in [0.2, 0.25) is 0 Å². The lowest BCUT2D eigenvalue weighted by Crippen LogP contribution is -2.37. The monoisotopic (exact) mass is 368 g/mol. The first-order chi connectivity index (χ1) is 12.6. The Hall–Kier alpha value is -0.950. The van der Waals surface area contributed by atoms with Gasteiger partial charge < -0.3 is 24.6 Å². The summed E-state index contributed by atoms with van der Waals surface area (Å²) in [6.07, 6.45) is 8.96. The molecule has 0 fully saturated rings. The van der Waals surface area contributed by atoms with Gasteiger partial charge in [-0.1, -0.05) is 6.08 Å². The largest absolute Gasteiger partial charge is 0.389 e. The predicted molar refractivity (Wildman–Crippen MR) is 103 cm³/mol. The molecule has 2 atom stereocenters. The van der Waals surface area contributed by atoms with E-state index in [-0.39, 0.29) is 0 Å². The summed E-state index contributed by atoms with van der Waals surface area (Å²) in [5.74, 6) is -0.796. The number of aliphatic imine (C=N–C) groups is 1. The third kappa shape index (κ3) is 8.62. The van der Waals surface area contributed by atoms with Crippen molar-refractivity contribution in [2.24, 2.45) is 10.9 Å². The third-order valence-corrected chi connectivity index (χ3v) is 4.83. The highest BCUT2D eigenvalue weighted by Crippen LogP contribution is 2.32. The molecule has 0 bridgehead atoms. The molecule has 1 heterocycles. The Balaban J connectivity index is 1.81. The van der Waals surface area contributed by atoms with Crippen molar-refractivity contribution in [1.29, 1.82) is 0 Å². The van der Waals surface area contributed by atoms with Gasteiger partial charge in [-0.2, -0.15) is 0 Å². The van der Waals surface area contributed by atoms with Gasteiger partial charge in [0.05, 0.1) is 19.8 Å². The average Bonchev–Trinajstić information content (AvgIpc) is 3.42. The van der Waals surface area contributed by atoms with Gasteiger partial charge in [0.25, 0.3) is 0 Å². The van der Waals surface area contributed by atoms with E-state index in [1.54, 1.807) is 7.11 Å². The van der Waals surface area contributed by atoms with Gasteiger partial charge in [0.15, 0.2) is 5.79 Å². The minimum Gasteiger partial charge on any atom is -0.389 e. The van der Waals surface area contributed by atoms with Crippen molar-refractivity contribution in [3.63, 3.8) is 0 Å². The summed E-state index contributed by atoms with van der Waals surface area (Å²) < 4.78 is 16.3. The van der Waals surface area contributed by atoms with E-state index in [1.807, 2.05) is 6.92 Å². The number of unbranched alkanes of at least 4 members (excludes halogenated alkanes) is 1. The van der Waals surface area contributed by atoms with Crippen LogP contribution >= 0.6 is 0 Å². The van der Waals surface area contributed by atoms with Crippen molar-refractivity contribution >= 4 is 5.71 Å². The Labute approximate surface area is 158 Å². The number of hydrogen-bond donors (Lipinski definition) is 2. The summed E-state index contributed by atoms with van der Waals surface area (Å²) in [4.78, 5) is 4.21. The van der Waals surface area contributed by atoms with E-state index < -0.39 is 5.79 Å². The molecule has 2 rings (SSSR count). The quantitative estimate of drug-likeness (QED) is 0.343. The van der Waals surface area contributed by atoms with Crippen LogP contribution in [0.1, 0.15) is 51.9 Å². The number of nitrogens with one attached hydrogen (secondary N) is 1. The van der Waals surface area contributed by atoms with Crippen LogP contribution in [0.25, 0.3) is 0 Å². The van der Waals surface area contributed by atoms with Crippen molar-refractivity contribution in [1.82, 2.24) is 5.32 Å². The molecule has 2 unspecified atom stereocenters. The lowest BCUT2D eigenvalue weighted by Gasteiger charge is -2.32. The summed E-state index contributed by atoms with van der Waals surface area (Å²) in [5, 5.41) is 14.6. The molecule has 1 aliphatic heterocycles. The van der Waals surface area contributed by atoms with Crippen molar-refractivity contribution in [3.05, 3.63) is 11.8 Å². The summed E-state index contributed by atoms with van der Waals surface area (Å²) in [5.41, 5.74) is 2.36. The molecular weight excluding hydrogens is 332 g/mol. The molecule has 0 aromatic carbocycles. The van der Waals surface area contributed by atoms with Crippen molar-refractivity contribution < 1.29 is 19.3 Å². The van der Waals surface area contributed by atoms with Crippen molar-refractivity contribution in [2.45, 2.75) is 57.7 Å². The number of methoxy groups -OCH3 is 1. The van der Waals surface area contributed by atoms with E-state index in [9.17, 15) is 5.11 Å². The maximum atomic E-state index is 11.0. The molecule has 0 aromatic heterocycles. The molecule has 2 aliphatic rings. The molecule has 0 amide bonds. The summed E-state index contributed by atoms with van der Waals surface area (Å²) in [6, 6.07) is 0. The lowest BCUT2D eigenvalue weighted by atomic mass is 9.86. The van der Waals surface area contributed by atoms with E-state index in [4.69, 9.17) is 14.2 Å². The average molecular weight is 369 g/mol. The highest BCUT2D eigenvalue weighted by Gasteiger charge is 2.35. The number of hydrogen-bond acceptors (Lipinski definition) is 6. The first-order valence-electron chi connectivity index (χ1n) is 10.0. The van der Waals surface area contributed by atoms with E-state index in [2.05, 4.69) is 16.4 Å². The molecule has 0 saturated carbocycles. The maximum absolute atomic E-state index is 11.0. The van der Waals surface area contributed by atoms with Gasteiger partial charge in [-0.05, 0) is 44.9 Å². The molecule has 2 N–H and O–H groups in total. The molecule has 26 heavy (non-hydrogen) atoms. The Morgan fingerprint density at radius 3 is 2.88 bits per heavy atom. The van der Waals surface area contributed by atoms with Crippen LogP contribution in [0.15, 0.2) is 16.8 Å². The van der Waals surface area contributed by atoms with Crippen LogP contribution < -0.4 is 5.32 Å². The zero-order valence-electron chi connectivity index (χ0n) is 16.5. The van der Waals surface area contributed by atoms with Gasteiger partial charge in [-0.15, -0.1) is 0 Å². The van der Waals surface area contributed by atoms with Crippen LogP contribution in [-0.4, -0.2) is 63.2 Å². The second-order valence-electron chi connectivity index (χ2n) is 7.23. The van der Waals surface area contributed by atoms with Crippen molar-refractivity contribution in [3.8, 4) is 0 Å². The maximum Gasteiger partial charge on any atom is 0.171 e. The van der Waals surface area contributed by atoms with Crippen LogP contribution in [0.5, 0.6) is 0 Å². The van der Waals surface area contributed by atoms with Crippen LogP contribution in [0.2, 0.25) is 0 Å². The van der Waals surface area contributed by atoms with Crippen LogP contribution in [-0.2, 0) is 14.2 Å². The van der Waals surface area contributed by atoms with Gasteiger partial charge in [0, 0.05) is 51.1 Å². The molecule has 0 aromatic rings. The minimum atomic E-state index is -1.13. The van der Waals surface area contributed by atoms with Crippen molar-refractivity contribution in [2.75, 3.05) is 46.6 Å². The number of rotatable bonds is 15. The minimum absolute atomic E-state index is 0.335. The van der Waals surface area contributed by atoms with Crippen LogP contribution in [0.4, 0.5) is 0 Å². The molecule has 0 radical (unpaired) electrons. The Bertz CT molecular complexity index is 467. The third-order valence-electron chi connectivity index (χ3n) is 4.83. The first-order valence-corrected chi connectivity index (χ1v) is 10.0. The summed E-state index contributed by atoms with van der Waals surface area (Å²) in [7, 11) is 1.74. The van der Waals surface area contributed by atoms with Crippen LogP contribution in [0.3, 0.4) is 0 Å². The molecular formula is C20H36N2O4. The second kappa shape index (κ2) is 11.7. The van der Waals surface area contributed by atoms with Gasteiger partial charge in [-0.25, -0.2) is 0 Å². The highest BCUT2D eigenvalue weighted by molar-refractivity contribution is 5.97. The van der Waals surface area contributed by atoms with E-state index >= 15 is 0 Å². The fourth-order valence-corrected chi connectivity index (χ4v) is 3.45. The zero-order valence-corrected chi connectivity index (χ0v) is 16.5. The number of aliphatic hydroxyl groups is 1. The molecule has 0 spiro atoms. The first kappa shape index (κ1) is 21.4. The lowest BCUT2D eigenvalue weighted by molar-refractivity contribution is -0.212. The van der Waals surface area contributed by atoms with Gasteiger partial charge in [-0.3, -0.25) is 4.99 Å². The molecule has 150 valence electrons. The fraction of sp³-hybridized carbons (Fsp3) is 0.850. The molecule has 6 heteroatoms. The van der Waals surface area contributed by atoms with Crippen LogP contribution in [0, 0.1) is 5.92 Å². The summed E-state index contributed by atoms with van der Waals surface area (Å²) in [6.45, 7) is 6.12. The Kier molecular flexibility index (Phi) is 9.61. The van der Waals surface area contributed by atoms with E-state index in [0.717, 1.165) is 57.5 Å². The van der Waals surface area contributed by atoms with E-state index in [1.165, 1.54) is 5.70 Å². The smallest absolute Gasteiger partial charge is 0.171 e. The standard InChI is InChI=1S/C20H36N2O4/c1-3-25-11-12-26-20(23,15-19-16-22-19)14-17-7-6-8-18(13-17)21-9-4-5-10-24-2/h13,17,21,23H,3-12,14-16H2,1-2H3. The molecule has 0 saturated heterocycles. The highest BCUT2D eigenvalue weighted by atomic mass is 16.6. The normalized spacial score (nSPS) is 21.7. The molecule has 1 aliphatic carbocycles. The number of ether oxygens (including phenoxy) is 3. The SMILES string of the molecule is CCOCCOC(O)(CC1=NC1)CC1C=C(NCCCCOC)CCC1. The van der Waals surface area contributed by atoms with Gasteiger partial charge in [0.1, 0.15) is 0 Å². The zero-order chi connectivity index (χ0) is 18.7. The Morgan fingerprint density at radius 1 is 1.31 bits per heavy atom. The number of allylic oxidation sites excluding steroid dienone is 2. The van der Waals surface area contributed by atoms with Gasteiger partial charge >= 0.3 is 0 Å². The fourth-order valence-electron chi connectivity index (χ4n) is 3.45. The Morgan fingerprint density at radius 2 is 2.15 bits per heavy atom. The molecule has 6 nitrogen and oxygen atoms in total. The predicted octanol–water partition coefficient (Wildman–Crippen LogP) is 2.66.